The number of aliphatic hydroxyl groups is 1. The lowest BCUT2D eigenvalue weighted by Gasteiger charge is -2.20. The molecule has 0 aliphatic carbocycles. The Morgan fingerprint density at radius 2 is 2.00 bits per heavy atom. The Labute approximate surface area is 132 Å². The molecule has 1 aromatic rings. The van der Waals surface area contributed by atoms with E-state index in [0.717, 1.165) is 17.7 Å². The van der Waals surface area contributed by atoms with E-state index in [4.69, 9.17) is 14.6 Å². The lowest BCUT2D eigenvalue weighted by molar-refractivity contribution is 0.0526. The Bertz CT molecular complexity index is 468. The van der Waals surface area contributed by atoms with Gasteiger partial charge in [0.05, 0.1) is 6.61 Å². The average Bonchev–Trinajstić information content (AvgIpc) is 2.43. The number of carbonyl (C=O) groups is 1. The van der Waals surface area contributed by atoms with Gasteiger partial charge in [-0.2, -0.15) is 0 Å². The van der Waals surface area contributed by atoms with Crippen LogP contribution in [0.25, 0.3) is 0 Å². The summed E-state index contributed by atoms with van der Waals surface area (Å²) in [6, 6.07) is 7.76. The highest BCUT2D eigenvalue weighted by Crippen LogP contribution is 2.28. The molecule has 0 bridgehead atoms. The zero-order valence-electron chi connectivity index (χ0n) is 13.9. The van der Waals surface area contributed by atoms with E-state index in [0.29, 0.717) is 6.54 Å². The third-order valence-corrected chi connectivity index (χ3v) is 3.04. The van der Waals surface area contributed by atoms with E-state index in [9.17, 15) is 4.79 Å². The maximum atomic E-state index is 11.6. The number of benzene rings is 1. The summed E-state index contributed by atoms with van der Waals surface area (Å²) in [5, 5.41) is 11.6. The van der Waals surface area contributed by atoms with Gasteiger partial charge in [0, 0.05) is 6.54 Å². The van der Waals surface area contributed by atoms with Crippen LogP contribution in [0.5, 0.6) is 5.75 Å². The van der Waals surface area contributed by atoms with Crippen LogP contribution >= 0.6 is 0 Å². The van der Waals surface area contributed by atoms with Crippen molar-refractivity contribution >= 4 is 6.09 Å². The number of para-hydroxylation sites is 1. The number of rotatable bonds is 7. The lowest BCUT2D eigenvalue weighted by atomic mass is 9.97. The van der Waals surface area contributed by atoms with E-state index >= 15 is 0 Å². The van der Waals surface area contributed by atoms with Gasteiger partial charge >= 0.3 is 6.09 Å². The van der Waals surface area contributed by atoms with Crippen LogP contribution in [-0.4, -0.2) is 36.6 Å². The number of amides is 1. The second kappa shape index (κ2) is 8.63. The Hall–Kier alpha value is -1.75. The van der Waals surface area contributed by atoms with Crippen molar-refractivity contribution < 1.29 is 19.4 Å². The Kier molecular flexibility index (Phi) is 7.18. The molecule has 5 heteroatoms. The summed E-state index contributed by atoms with van der Waals surface area (Å²) in [6.07, 6.45) is 0.378. The van der Waals surface area contributed by atoms with Gasteiger partial charge in [0.15, 0.2) is 0 Å². The quantitative estimate of drug-likeness (QED) is 0.812. The van der Waals surface area contributed by atoms with Crippen LogP contribution in [0.15, 0.2) is 24.3 Å². The van der Waals surface area contributed by atoms with Gasteiger partial charge in [-0.3, -0.25) is 0 Å². The topological polar surface area (TPSA) is 67.8 Å². The van der Waals surface area contributed by atoms with Crippen molar-refractivity contribution in [2.75, 3.05) is 19.8 Å². The summed E-state index contributed by atoms with van der Waals surface area (Å²) in [5.74, 6) is 1.01. The molecule has 124 valence electrons. The highest BCUT2D eigenvalue weighted by Gasteiger charge is 2.16. The van der Waals surface area contributed by atoms with Crippen LogP contribution in [0.2, 0.25) is 0 Å². The average molecular weight is 309 g/mol. The van der Waals surface area contributed by atoms with Gasteiger partial charge in [0.25, 0.3) is 0 Å². The number of hydrogen-bond acceptors (Lipinski definition) is 4. The van der Waals surface area contributed by atoms with Crippen LogP contribution in [0.1, 0.15) is 45.6 Å². The van der Waals surface area contributed by atoms with Crippen molar-refractivity contribution in [3.05, 3.63) is 29.8 Å². The van der Waals surface area contributed by atoms with E-state index in [1.165, 1.54) is 0 Å². The Morgan fingerprint density at radius 3 is 2.64 bits per heavy atom. The predicted molar refractivity (Wildman–Crippen MR) is 86.3 cm³/mol. The standard InChI is InChI=1S/C17H27NO4/c1-13(9-10-18-16(20)22-17(2,3)4)14-7-5-6-8-15(14)21-12-11-19/h5-8,13,19H,9-12H2,1-4H3,(H,18,20). The second-order valence-electron chi connectivity index (χ2n) is 6.23. The van der Waals surface area contributed by atoms with Gasteiger partial charge in [-0.05, 0) is 44.7 Å². The minimum absolute atomic E-state index is 0.0110. The smallest absolute Gasteiger partial charge is 0.407 e. The summed E-state index contributed by atoms with van der Waals surface area (Å²) >= 11 is 0. The maximum absolute atomic E-state index is 11.6. The molecule has 5 nitrogen and oxygen atoms in total. The summed E-state index contributed by atoms with van der Waals surface area (Å²) in [6.45, 7) is 8.39. The molecule has 22 heavy (non-hydrogen) atoms. The molecular formula is C17H27NO4. The predicted octanol–water partition coefficient (Wildman–Crippen LogP) is 3.08. The summed E-state index contributed by atoms with van der Waals surface area (Å²) in [4.78, 5) is 11.6. The van der Waals surface area contributed by atoms with E-state index in [-0.39, 0.29) is 19.1 Å². The molecule has 0 radical (unpaired) electrons. The fourth-order valence-electron chi connectivity index (χ4n) is 2.04. The molecular weight excluding hydrogens is 282 g/mol. The van der Waals surface area contributed by atoms with Gasteiger partial charge in [-0.15, -0.1) is 0 Å². The molecule has 0 saturated carbocycles. The lowest BCUT2D eigenvalue weighted by Crippen LogP contribution is -2.33. The molecule has 1 rings (SSSR count). The van der Waals surface area contributed by atoms with Gasteiger partial charge in [-0.1, -0.05) is 25.1 Å². The van der Waals surface area contributed by atoms with Gasteiger partial charge in [0.2, 0.25) is 0 Å². The molecule has 1 atom stereocenters. The number of ether oxygens (including phenoxy) is 2. The van der Waals surface area contributed by atoms with Crippen molar-refractivity contribution in [1.29, 1.82) is 0 Å². The highest BCUT2D eigenvalue weighted by atomic mass is 16.6. The first-order chi connectivity index (χ1) is 10.3. The molecule has 0 aromatic heterocycles. The van der Waals surface area contributed by atoms with E-state index in [2.05, 4.69) is 12.2 Å². The molecule has 1 aromatic carbocycles. The molecule has 2 N–H and O–H groups in total. The molecule has 0 aliphatic rings. The first-order valence-electron chi connectivity index (χ1n) is 7.63. The summed E-state index contributed by atoms with van der Waals surface area (Å²) < 4.78 is 10.7. The normalized spacial score (nSPS) is 12.6. The summed E-state index contributed by atoms with van der Waals surface area (Å²) in [5.41, 5.74) is 0.586. The van der Waals surface area contributed by atoms with Crippen molar-refractivity contribution in [2.45, 2.75) is 45.6 Å². The Morgan fingerprint density at radius 1 is 1.32 bits per heavy atom. The molecule has 0 aliphatic heterocycles. The van der Waals surface area contributed by atoms with Crippen molar-refractivity contribution in [3.63, 3.8) is 0 Å². The van der Waals surface area contributed by atoms with Gasteiger partial charge in [-0.25, -0.2) is 4.79 Å². The summed E-state index contributed by atoms with van der Waals surface area (Å²) in [7, 11) is 0. The minimum atomic E-state index is -0.486. The van der Waals surface area contributed by atoms with Crippen molar-refractivity contribution in [3.8, 4) is 5.75 Å². The maximum Gasteiger partial charge on any atom is 0.407 e. The minimum Gasteiger partial charge on any atom is -0.491 e. The fraction of sp³-hybridized carbons (Fsp3) is 0.588. The monoisotopic (exact) mass is 309 g/mol. The fourth-order valence-corrected chi connectivity index (χ4v) is 2.04. The molecule has 1 amide bonds. The van der Waals surface area contributed by atoms with Crippen LogP contribution in [0.3, 0.4) is 0 Å². The highest BCUT2D eigenvalue weighted by molar-refractivity contribution is 5.67. The largest absolute Gasteiger partial charge is 0.491 e. The first kappa shape index (κ1) is 18.3. The van der Waals surface area contributed by atoms with Crippen LogP contribution in [-0.2, 0) is 4.74 Å². The number of carbonyl (C=O) groups excluding carboxylic acids is 1. The van der Waals surface area contributed by atoms with Gasteiger partial charge in [0.1, 0.15) is 18.0 Å². The molecule has 0 spiro atoms. The second-order valence-corrected chi connectivity index (χ2v) is 6.23. The molecule has 0 saturated heterocycles. The third-order valence-electron chi connectivity index (χ3n) is 3.04. The zero-order valence-corrected chi connectivity index (χ0v) is 13.9. The van der Waals surface area contributed by atoms with Crippen molar-refractivity contribution in [2.24, 2.45) is 0 Å². The third kappa shape index (κ3) is 6.80. The SMILES string of the molecule is CC(CCNC(=O)OC(C)(C)C)c1ccccc1OCCO. The Balaban J connectivity index is 2.48. The van der Waals surface area contributed by atoms with E-state index in [1.807, 2.05) is 45.0 Å². The van der Waals surface area contributed by atoms with Crippen molar-refractivity contribution in [1.82, 2.24) is 5.32 Å². The van der Waals surface area contributed by atoms with Crippen LogP contribution < -0.4 is 10.1 Å². The number of nitrogens with one attached hydrogen (secondary N) is 1. The van der Waals surface area contributed by atoms with E-state index in [1.54, 1.807) is 0 Å². The number of alkyl carbamates (subject to hydrolysis) is 1. The zero-order chi connectivity index (χ0) is 16.6. The number of hydrogen-bond donors (Lipinski definition) is 2. The van der Waals surface area contributed by atoms with Crippen LogP contribution in [0.4, 0.5) is 4.79 Å². The molecule has 0 heterocycles. The molecule has 0 fully saturated rings. The number of aliphatic hydroxyl groups excluding tert-OH is 1. The van der Waals surface area contributed by atoms with E-state index < -0.39 is 11.7 Å². The van der Waals surface area contributed by atoms with Gasteiger partial charge < -0.3 is 19.9 Å². The first-order valence-corrected chi connectivity index (χ1v) is 7.63. The van der Waals surface area contributed by atoms with Crippen LogP contribution in [0, 0.1) is 0 Å². The molecule has 1 unspecified atom stereocenters.